The highest BCUT2D eigenvalue weighted by Crippen LogP contribution is 2.22. The van der Waals surface area contributed by atoms with Crippen molar-refractivity contribution in [2.75, 3.05) is 21.3 Å². The Morgan fingerprint density at radius 2 is 1.81 bits per heavy atom. The Labute approximate surface area is 180 Å². The lowest BCUT2D eigenvalue weighted by Gasteiger charge is -2.15. The lowest BCUT2D eigenvalue weighted by atomic mass is 9.99. The van der Waals surface area contributed by atoms with Gasteiger partial charge in [0.15, 0.2) is 5.71 Å². The summed E-state index contributed by atoms with van der Waals surface area (Å²) in [6.07, 6.45) is 0.850. The molecule has 2 aromatic rings. The van der Waals surface area contributed by atoms with E-state index in [1.54, 1.807) is 38.1 Å². The lowest BCUT2D eigenvalue weighted by molar-refractivity contribution is -0.114. The van der Waals surface area contributed by atoms with Gasteiger partial charge in [0, 0.05) is 23.7 Å². The van der Waals surface area contributed by atoms with Gasteiger partial charge in [-0.3, -0.25) is 4.79 Å². The van der Waals surface area contributed by atoms with Gasteiger partial charge in [0.25, 0.3) is 5.91 Å². The zero-order chi connectivity index (χ0) is 22.8. The van der Waals surface area contributed by atoms with Gasteiger partial charge >= 0.3 is 0 Å². The number of aryl methyl sites for hydroxylation is 1. The van der Waals surface area contributed by atoms with Gasteiger partial charge in [-0.05, 0) is 37.6 Å². The minimum atomic E-state index is -0.530. The molecular weight excluding hydrogens is 403 g/mol. The van der Waals surface area contributed by atoms with E-state index in [1.807, 2.05) is 6.07 Å². The first-order chi connectivity index (χ1) is 14.9. The summed E-state index contributed by atoms with van der Waals surface area (Å²) in [5.74, 6) is -0.743. The molecule has 1 atom stereocenters. The van der Waals surface area contributed by atoms with Crippen molar-refractivity contribution >= 4 is 23.5 Å². The third kappa shape index (κ3) is 6.11. The van der Waals surface area contributed by atoms with Crippen molar-refractivity contribution < 1.29 is 23.7 Å². The molecule has 8 nitrogen and oxygen atoms in total. The molecule has 0 bridgehead atoms. The molecule has 2 aromatic carbocycles. The second-order valence-corrected chi connectivity index (χ2v) is 6.39. The van der Waals surface area contributed by atoms with Crippen molar-refractivity contribution in [2.24, 2.45) is 15.5 Å². The number of oxime groups is 3. The van der Waals surface area contributed by atoms with Gasteiger partial charge < -0.3 is 19.8 Å². The molecule has 0 aliphatic carbocycles. The monoisotopic (exact) mass is 428 g/mol. The summed E-state index contributed by atoms with van der Waals surface area (Å²) in [7, 11) is 4.28. The van der Waals surface area contributed by atoms with Crippen LogP contribution in [0.3, 0.4) is 0 Å². The maximum Gasteiger partial charge on any atom is 0.273 e. The number of rotatable bonds is 9. The van der Waals surface area contributed by atoms with Crippen LogP contribution >= 0.6 is 0 Å². The van der Waals surface area contributed by atoms with E-state index in [-0.39, 0.29) is 11.5 Å². The summed E-state index contributed by atoms with van der Waals surface area (Å²) >= 11 is 0. The van der Waals surface area contributed by atoms with E-state index in [4.69, 9.17) is 14.5 Å². The predicted octanol–water partition coefficient (Wildman–Crippen LogP) is 3.34. The van der Waals surface area contributed by atoms with Crippen LogP contribution in [-0.4, -0.2) is 44.8 Å². The molecule has 1 unspecified atom stereocenters. The first-order valence-corrected chi connectivity index (χ1v) is 9.42. The third-order valence-corrected chi connectivity index (χ3v) is 4.33. The second kappa shape index (κ2) is 11.4. The van der Waals surface area contributed by atoms with E-state index in [2.05, 4.69) is 20.8 Å². The van der Waals surface area contributed by atoms with Crippen LogP contribution in [0.15, 0.2) is 57.9 Å². The van der Waals surface area contributed by atoms with Crippen molar-refractivity contribution in [3.63, 3.8) is 0 Å². The zero-order valence-corrected chi connectivity index (χ0v) is 18.0. The van der Waals surface area contributed by atoms with Crippen molar-refractivity contribution in [1.82, 2.24) is 5.32 Å². The van der Waals surface area contributed by atoms with Gasteiger partial charge in [-0.25, -0.2) is 4.39 Å². The molecule has 0 saturated heterocycles. The molecule has 2 rings (SSSR count). The number of amides is 1. The number of halogens is 1. The standard InChI is InChI=1S/C22H25FN4O4/c1-14-12-16(23)10-11-17(14)20(26-29-4)13-25-31-15(2)18-8-6-7-9-19(18)21(27-30-5)22(28)24-3/h6-13,15H,1-5H3,(H,24,28). The van der Waals surface area contributed by atoms with Crippen LogP contribution in [0.2, 0.25) is 0 Å². The van der Waals surface area contributed by atoms with E-state index in [9.17, 15) is 9.18 Å². The van der Waals surface area contributed by atoms with Crippen LogP contribution in [0.4, 0.5) is 4.39 Å². The van der Waals surface area contributed by atoms with Gasteiger partial charge in [-0.1, -0.05) is 39.7 Å². The van der Waals surface area contributed by atoms with Gasteiger partial charge in [-0.2, -0.15) is 0 Å². The third-order valence-electron chi connectivity index (χ3n) is 4.33. The summed E-state index contributed by atoms with van der Waals surface area (Å²) in [5.41, 5.74) is 3.04. The molecule has 9 heteroatoms. The van der Waals surface area contributed by atoms with Crippen molar-refractivity contribution in [1.29, 1.82) is 0 Å². The lowest BCUT2D eigenvalue weighted by Crippen LogP contribution is -2.29. The van der Waals surface area contributed by atoms with E-state index < -0.39 is 12.0 Å². The Morgan fingerprint density at radius 1 is 1.10 bits per heavy atom. The number of nitrogens with one attached hydrogen (secondary N) is 1. The number of likely N-dealkylation sites (N-methyl/N-ethyl adjacent to an activating group) is 1. The SMILES string of the molecule is CNC(=O)C(=NOC)c1ccccc1C(C)ON=CC(=NOC)c1ccc(F)cc1C. The Kier molecular flexibility index (Phi) is 8.68. The van der Waals surface area contributed by atoms with Crippen molar-refractivity contribution in [3.8, 4) is 0 Å². The Bertz CT molecular complexity index is 1000. The molecule has 0 saturated carbocycles. The highest BCUT2D eigenvalue weighted by molar-refractivity contribution is 6.45. The Hall–Kier alpha value is -3.75. The van der Waals surface area contributed by atoms with Gasteiger partial charge in [0.2, 0.25) is 0 Å². The van der Waals surface area contributed by atoms with Gasteiger partial charge in [0.1, 0.15) is 31.9 Å². The topological polar surface area (TPSA) is 93.9 Å². The molecule has 0 aliphatic rings. The van der Waals surface area contributed by atoms with Crippen LogP contribution in [0, 0.1) is 12.7 Å². The molecule has 164 valence electrons. The summed E-state index contributed by atoms with van der Waals surface area (Å²) in [4.78, 5) is 27.5. The molecule has 0 fully saturated rings. The summed E-state index contributed by atoms with van der Waals surface area (Å²) in [6.45, 7) is 3.54. The van der Waals surface area contributed by atoms with Crippen molar-refractivity contribution in [3.05, 3.63) is 70.5 Å². The fraction of sp³-hybridized carbons (Fsp3) is 0.273. The van der Waals surface area contributed by atoms with E-state index in [1.165, 1.54) is 39.6 Å². The number of nitrogens with zero attached hydrogens (tertiary/aromatic N) is 3. The number of hydrogen-bond donors (Lipinski definition) is 1. The first kappa shape index (κ1) is 23.5. The molecular formula is C22H25FN4O4. The summed E-state index contributed by atoms with van der Waals surface area (Å²) in [6, 6.07) is 11.5. The normalized spacial score (nSPS) is 13.1. The minimum absolute atomic E-state index is 0.114. The molecule has 0 heterocycles. The van der Waals surface area contributed by atoms with Crippen LogP contribution in [0.25, 0.3) is 0 Å². The molecule has 0 radical (unpaired) electrons. The fourth-order valence-corrected chi connectivity index (χ4v) is 2.87. The minimum Gasteiger partial charge on any atom is -0.399 e. The highest BCUT2D eigenvalue weighted by Gasteiger charge is 2.21. The van der Waals surface area contributed by atoms with Crippen LogP contribution < -0.4 is 5.32 Å². The molecule has 0 aliphatic heterocycles. The number of carbonyl (C=O) groups is 1. The zero-order valence-electron chi connectivity index (χ0n) is 18.0. The second-order valence-electron chi connectivity index (χ2n) is 6.39. The highest BCUT2D eigenvalue weighted by atomic mass is 19.1. The fourth-order valence-electron chi connectivity index (χ4n) is 2.87. The van der Waals surface area contributed by atoms with Crippen LogP contribution in [-0.2, 0) is 19.3 Å². The Morgan fingerprint density at radius 3 is 2.45 bits per heavy atom. The molecule has 1 amide bonds. The van der Waals surface area contributed by atoms with E-state index in [0.29, 0.717) is 28.0 Å². The Balaban J connectivity index is 2.28. The van der Waals surface area contributed by atoms with Gasteiger partial charge in [0.05, 0.1) is 6.21 Å². The predicted molar refractivity (Wildman–Crippen MR) is 117 cm³/mol. The number of carbonyl (C=O) groups excluding carboxylic acids is 1. The molecule has 31 heavy (non-hydrogen) atoms. The number of benzene rings is 2. The average Bonchev–Trinajstić information content (AvgIpc) is 2.76. The smallest absolute Gasteiger partial charge is 0.273 e. The maximum absolute atomic E-state index is 13.4. The molecule has 1 N–H and O–H groups in total. The molecule has 0 spiro atoms. The quantitative estimate of drug-likeness (QED) is 0.490. The molecule has 0 aromatic heterocycles. The first-order valence-electron chi connectivity index (χ1n) is 9.42. The average molecular weight is 428 g/mol. The number of hydrogen-bond acceptors (Lipinski definition) is 7. The van der Waals surface area contributed by atoms with Crippen LogP contribution in [0.1, 0.15) is 35.3 Å². The summed E-state index contributed by atoms with van der Waals surface area (Å²) < 4.78 is 13.4. The van der Waals surface area contributed by atoms with E-state index >= 15 is 0 Å². The van der Waals surface area contributed by atoms with Crippen LogP contribution in [0.5, 0.6) is 0 Å². The van der Waals surface area contributed by atoms with E-state index in [0.717, 1.165) is 0 Å². The van der Waals surface area contributed by atoms with Gasteiger partial charge in [-0.15, -0.1) is 0 Å². The largest absolute Gasteiger partial charge is 0.399 e. The summed E-state index contributed by atoms with van der Waals surface area (Å²) in [5, 5.41) is 14.3. The van der Waals surface area contributed by atoms with Crippen molar-refractivity contribution in [2.45, 2.75) is 20.0 Å². The maximum atomic E-state index is 13.4.